The van der Waals surface area contributed by atoms with Gasteiger partial charge < -0.3 is 4.98 Å². The summed E-state index contributed by atoms with van der Waals surface area (Å²) in [6.45, 7) is 0. The van der Waals surface area contributed by atoms with Crippen LogP contribution in [0.5, 0.6) is 0 Å². The number of carbonyl (C=O) groups is 2. The molecule has 0 saturated heterocycles. The first-order valence-corrected chi connectivity index (χ1v) is 11.7. The third kappa shape index (κ3) is 5.22. The second kappa shape index (κ2) is 10.2. The fourth-order valence-electron chi connectivity index (χ4n) is 4.34. The summed E-state index contributed by atoms with van der Waals surface area (Å²) in [5.74, 6) is -0.456. The minimum atomic E-state index is -0.245. The van der Waals surface area contributed by atoms with E-state index in [1.54, 1.807) is 0 Å². The fourth-order valence-corrected chi connectivity index (χ4v) is 4.34. The van der Waals surface area contributed by atoms with Crippen LogP contribution in [0.2, 0.25) is 0 Å². The number of aromatic nitrogens is 2. The van der Waals surface area contributed by atoms with Crippen molar-refractivity contribution in [2.24, 2.45) is 0 Å². The van der Waals surface area contributed by atoms with Crippen LogP contribution in [-0.2, 0) is 22.4 Å². The third-order valence-electron chi connectivity index (χ3n) is 6.05. The number of nitrogens with zero attached hydrogens (tertiary/aromatic N) is 1. The molecule has 3 aromatic carbocycles. The molecule has 2 aromatic heterocycles. The van der Waals surface area contributed by atoms with Gasteiger partial charge >= 0.3 is 0 Å². The van der Waals surface area contributed by atoms with Crippen molar-refractivity contribution in [1.29, 1.82) is 0 Å². The molecule has 0 bridgehead atoms. The molecule has 0 radical (unpaired) electrons. The predicted molar refractivity (Wildman–Crippen MR) is 138 cm³/mol. The molecule has 6 heteroatoms. The number of hydrogen-bond donors (Lipinski definition) is 3. The van der Waals surface area contributed by atoms with Crippen LogP contribution >= 0.6 is 0 Å². The standard InChI is InChI=1S/C29H26N4O2/c34-27(32-33-28(35)19-20-9-2-1-3-10-20)16-8-13-23-22-12-5-7-15-25(22)31-29(23)26-18-17-21-11-4-6-14-24(21)30-26/h1-7,9-12,14-15,17-18,31H,8,13,16,19H2,(H,32,34)(H,33,35). The summed E-state index contributed by atoms with van der Waals surface area (Å²) >= 11 is 0. The molecular weight excluding hydrogens is 436 g/mol. The van der Waals surface area contributed by atoms with E-state index in [9.17, 15) is 9.59 Å². The summed E-state index contributed by atoms with van der Waals surface area (Å²) < 4.78 is 0. The largest absolute Gasteiger partial charge is 0.353 e. The maximum atomic E-state index is 12.3. The van der Waals surface area contributed by atoms with Gasteiger partial charge in [-0.25, -0.2) is 4.98 Å². The Morgan fingerprint density at radius 2 is 1.51 bits per heavy atom. The second-order valence-corrected chi connectivity index (χ2v) is 8.53. The normalized spacial score (nSPS) is 11.0. The summed E-state index contributed by atoms with van der Waals surface area (Å²) in [6.07, 6.45) is 1.87. The topological polar surface area (TPSA) is 86.9 Å². The summed E-state index contributed by atoms with van der Waals surface area (Å²) in [6, 6.07) is 29.8. The van der Waals surface area contributed by atoms with E-state index in [0.717, 1.165) is 44.3 Å². The van der Waals surface area contributed by atoms with Crippen LogP contribution in [0.25, 0.3) is 33.2 Å². The fraction of sp³-hybridized carbons (Fsp3) is 0.138. The van der Waals surface area contributed by atoms with Crippen molar-refractivity contribution in [3.63, 3.8) is 0 Å². The van der Waals surface area contributed by atoms with Gasteiger partial charge in [0.15, 0.2) is 0 Å². The van der Waals surface area contributed by atoms with Crippen molar-refractivity contribution in [3.05, 3.63) is 102 Å². The lowest BCUT2D eigenvalue weighted by Crippen LogP contribution is -2.42. The summed E-state index contributed by atoms with van der Waals surface area (Å²) in [5.41, 5.74) is 10.9. The SMILES string of the molecule is O=C(CCCc1c(-c2ccc3ccccc3n2)[nH]c2ccccc12)NNC(=O)Cc1ccccc1. The van der Waals surface area contributed by atoms with Crippen LogP contribution in [0.15, 0.2) is 91.0 Å². The maximum Gasteiger partial charge on any atom is 0.242 e. The molecule has 35 heavy (non-hydrogen) atoms. The Bertz CT molecular complexity index is 1490. The number of H-pyrrole nitrogens is 1. The van der Waals surface area contributed by atoms with Gasteiger partial charge in [0, 0.05) is 22.7 Å². The zero-order valence-electron chi connectivity index (χ0n) is 19.3. The zero-order valence-corrected chi connectivity index (χ0v) is 19.3. The quantitative estimate of drug-likeness (QED) is 0.294. The molecule has 0 aliphatic heterocycles. The molecule has 0 aliphatic rings. The van der Waals surface area contributed by atoms with E-state index in [0.29, 0.717) is 19.3 Å². The van der Waals surface area contributed by atoms with E-state index in [1.165, 1.54) is 0 Å². The number of benzene rings is 3. The first kappa shape index (κ1) is 22.3. The van der Waals surface area contributed by atoms with E-state index in [-0.39, 0.29) is 18.2 Å². The lowest BCUT2D eigenvalue weighted by atomic mass is 10.0. The van der Waals surface area contributed by atoms with Crippen molar-refractivity contribution in [2.75, 3.05) is 0 Å². The highest BCUT2D eigenvalue weighted by Crippen LogP contribution is 2.31. The highest BCUT2D eigenvalue weighted by Gasteiger charge is 2.15. The Morgan fingerprint density at radius 3 is 2.40 bits per heavy atom. The minimum Gasteiger partial charge on any atom is -0.353 e. The summed E-state index contributed by atoms with van der Waals surface area (Å²) in [7, 11) is 0. The molecule has 0 unspecified atom stereocenters. The van der Waals surface area contributed by atoms with Crippen molar-refractivity contribution in [3.8, 4) is 11.4 Å². The summed E-state index contributed by atoms with van der Waals surface area (Å²) in [5, 5.41) is 2.23. The van der Waals surface area contributed by atoms with Crippen LogP contribution in [0.3, 0.4) is 0 Å². The lowest BCUT2D eigenvalue weighted by molar-refractivity contribution is -0.128. The number of hydrazine groups is 1. The van der Waals surface area contributed by atoms with Crippen LogP contribution in [0.1, 0.15) is 24.0 Å². The molecule has 0 spiro atoms. The van der Waals surface area contributed by atoms with Gasteiger partial charge in [-0.05, 0) is 42.2 Å². The number of amides is 2. The smallest absolute Gasteiger partial charge is 0.242 e. The van der Waals surface area contributed by atoms with Gasteiger partial charge in [-0.15, -0.1) is 0 Å². The number of fused-ring (bicyclic) bond motifs is 2. The molecule has 0 aliphatic carbocycles. The molecule has 0 fully saturated rings. The van der Waals surface area contributed by atoms with Gasteiger partial charge in [0.2, 0.25) is 11.8 Å². The molecule has 174 valence electrons. The first-order chi connectivity index (χ1) is 17.2. The number of carbonyl (C=O) groups excluding carboxylic acids is 2. The van der Waals surface area contributed by atoms with Gasteiger partial charge in [-0.1, -0.05) is 72.8 Å². The van der Waals surface area contributed by atoms with Crippen LogP contribution in [0, 0.1) is 0 Å². The van der Waals surface area contributed by atoms with Gasteiger partial charge in [-0.2, -0.15) is 0 Å². The number of aryl methyl sites for hydroxylation is 1. The number of aromatic amines is 1. The van der Waals surface area contributed by atoms with Crippen molar-refractivity contribution in [1.82, 2.24) is 20.8 Å². The Hall–Kier alpha value is -4.45. The number of nitrogens with one attached hydrogen (secondary N) is 3. The van der Waals surface area contributed by atoms with Crippen LogP contribution in [0.4, 0.5) is 0 Å². The predicted octanol–water partition coefficient (Wildman–Crippen LogP) is 5.10. The molecule has 0 saturated carbocycles. The monoisotopic (exact) mass is 462 g/mol. The van der Waals surface area contributed by atoms with E-state index in [4.69, 9.17) is 4.98 Å². The average Bonchev–Trinajstić information content (AvgIpc) is 3.26. The van der Waals surface area contributed by atoms with Crippen molar-refractivity contribution < 1.29 is 9.59 Å². The lowest BCUT2D eigenvalue weighted by Gasteiger charge is -2.08. The van der Waals surface area contributed by atoms with E-state index in [1.807, 2.05) is 66.7 Å². The van der Waals surface area contributed by atoms with E-state index in [2.05, 4.69) is 40.1 Å². The highest BCUT2D eigenvalue weighted by molar-refractivity contribution is 5.91. The molecule has 3 N–H and O–H groups in total. The van der Waals surface area contributed by atoms with Gasteiger partial charge in [-0.3, -0.25) is 20.4 Å². The average molecular weight is 463 g/mol. The highest BCUT2D eigenvalue weighted by atomic mass is 16.2. The Morgan fingerprint density at radius 1 is 0.771 bits per heavy atom. The van der Waals surface area contributed by atoms with Gasteiger partial charge in [0.05, 0.1) is 23.3 Å². The Labute approximate surface area is 203 Å². The van der Waals surface area contributed by atoms with Crippen LogP contribution in [-0.4, -0.2) is 21.8 Å². The number of pyridine rings is 1. The van der Waals surface area contributed by atoms with Crippen molar-refractivity contribution in [2.45, 2.75) is 25.7 Å². The molecule has 5 rings (SSSR count). The van der Waals surface area contributed by atoms with Crippen LogP contribution < -0.4 is 10.9 Å². The van der Waals surface area contributed by atoms with Gasteiger partial charge in [0.1, 0.15) is 0 Å². The number of hydrogen-bond acceptors (Lipinski definition) is 3. The maximum absolute atomic E-state index is 12.3. The first-order valence-electron chi connectivity index (χ1n) is 11.7. The Kier molecular flexibility index (Phi) is 6.52. The number of rotatable bonds is 7. The third-order valence-corrected chi connectivity index (χ3v) is 6.05. The van der Waals surface area contributed by atoms with Gasteiger partial charge in [0.25, 0.3) is 0 Å². The van der Waals surface area contributed by atoms with E-state index < -0.39 is 0 Å². The Balaban J connectivity index is 1.25. The molecular formula is C29H26N4O2. The molecule has 5 aromatic rings. The van der Waals surface area contributed by atoms with Crippen molar-refractivity contribution >= 4 is 33.6 Å². The number of para-hydroxylation sites is 2. The second-order valence-electron chi connectivity index (χ2n) is 8.53. The molecule has 2 heterocycles. The minimum absolute atomic E-state index is 0.211. The van der Waals surface area contributed by atoms with E-state index >= 15 is 0 Å². The molecule has 0 atom stereocenters. The molecule has 2 amide bonds. The molecule has 6 nitrogen and oxygen atoms in total. The summed E-state index contributed by atoms with van der Waals surface area (Å²) in [4.78, 5) is 32.8. The zero-order chi connectivity index (χ0) is 24.0.